The molecule has 0 heterocycles. The summed E-state index contributed by atoms with van der Waals surface area (Å²) in [4.78, 5) is 12.6. The third kappa shape index (κ3) is 4.42. The highest BCUT2D eigenvalue weighted by Gasteiger charge is 2.14. The Morgan fingerprint density at radius 2 is 1.95 bits per heavy atom. The van der Waals surface area contributed by atoms with E-state index in [0.29, 0.717) is 0 Å². The van der Waals surface area contributed by atoms with Crippen LogP contribution in [-0.4, -0.2) is 19.5 Å². The molecule has 0 aliphatic heterocycles. The molecule has 2 rings (SSSR count). The number of benzene rings is 2. The SMILES string of the molecule is CNCCc1ccccc1C(=O)NC(C)c1cccc(Br)c1. The molecular weight excluding hydrogens is 340 g/mol. The van der Waals surface area contributed by atoms with Gasteiger partial charge in [-0.1, -0.05) is 46.3 Å². The first kappa shape index (κ1) is 16.7. The Bertz CT molecular complexity index is 642. The van der Waals surface area contributed by atoms with Crippen LogP contribution in [0.25, 0.3) is 0 Å². The number of carbonyl (C=O) groups is 1. The van der Waals surface area contributed by atoms with E-state index in [1.165, 1.54) is 0 Å². The minimum atomic E-state index is -0.0395. The summed E-state index contributed by atoms with van der Waals surface area (Å²) in [5.74, 6) is -0.0285. The van der Waals surface area contributed by atoms with E-state index in [1.807, 2.05) is 62.5 Å². The van der Waals surface area contributed by atoms with E-state index in [1.54, 1.807) is 0 Å². The van der Waals surface area contributed by atoms with Crippen molar-refractivity contribution in [1.29, 1.82) is 0 Å². The van der Waals surface area contributed by atoms with Crippen molar-refractivity contribution in [2.45, 2.75) is 19.4 Å². The van der Waals surface area contributed by atoms with Crippen LogP contribution in [0.5, 0.6) is 0 Å². The van der Waals surface area contributed by atoms with Crippen LogP contribution in [-0.2, 0) is 6.42 Å². The van der Waals surface area contributed by atoms with E-state index in [4.69, 9.17) is 0 Å². The quantitative estimate of drug-likeness (QED) is 0.824. The molecule has 0 aliphatic carbocycles. The highest BCUT2D eigenvalue weighted by Crippen LogP contribution is 2.19. The summed E-state index contributed by atoms with van der Waals surface area (Å²) >= 11 is 3.46. The van der Waals surface area contributed by atoms with Gasteiger partial charge < -0.3 is 10.6 Å². The van der Waals surface area contributed by atoms with E-state index in [0.717, 1.165) is 34.1 Å². The van der Waals surface area contributed by atoms with Gasteiger partial charge in [-0.15, -0.1) is 0 Å². The second kappa shape index (κ2) is 8.11. The summed E-state index contributed by atoms with van der Waals surface area (Å²) in [6.07, 6.45) is 0.839. The van der Waals surface area contributed by atoms with Crippen LogP contribution in [0.2, 0.25) is 0 Å². The molecule has 0 fully saturated rings. The number of rotatable bonds is 6. The van der Waals surface area contributed by atoms with Crippen molar-refractivity contribution in [1.82, 2.24) is 10.6 Å². The molecule has 0 saturated carbocycles. The second-order valence-electron chi connectivity index (χ2n) is 5.26. The molecule has 1 unspecified atom stereocenters. The zero-order valence-corrected chi connectivity index (χ0v) is 14.5. The van der Waals surface area contributed by atoms with Gasteiger partial charge in [-0.05, 0) is 56.3 Å². The Morgan fingerprint density at radius 3 is 2.68 bits per heavy atom. The molecule has 1 atom stereocenters. The number of hydrogen-bond acceptors (Lipinski definition) is 2. The van der Waals surface area contributed by atoms with Crippen LogP contribution >= 0.6 is 15.9 Å². The largest absolute Gasteiger partial charge is 0.346 e. The number of likely N-dealkylation sites (N-methyl/N-ethyl adjacent to an activating group) is 1. The van der Waals surface area contributed by atoms with Gasteiger partial charge in [-0.2, -0.15) is 0 Å². The van der Waals surface area contributed by atoms with Gasteiger partial charge in [-0.3, -0.25) is 4.79 Å². The fourth-order valence-electron chi connectivity index (χ4n) is 2.35. The molecule has 0 radical (unpaired) electrons. The molecule has 0 saturated heterocycles. The highest BCUT2D eigenvalue weighted by atomic mass is 79.9. The Labute approximate surface area is 140 Å². The molecule has 0 aliphatic rings. The topological polar surface area (TPSA) is 41.1 Å². The molecule has 2 N–H and O–H groups in total. The number of halogens is 1. The maximum absolute atomic E-state index is 12.6. The van der Waals surface area contributed by atoms with Crippen molar-refractivity contribution in [2.24, 2.45) is 0 Å². The fraction of sp³-hybridized carbons (Fsp3) is 0.278. The smallest absolute Gasteiger partial charge is 0.252 e. The van der Waals surface area contributed by atoms with Gasteiger partial charge in [0.15, 0.2) is 0 Å². The number of carbonyl (C=O) groups excluding carboxylic acids is 1. The molecule has 4 heteroatoms. The van der Waals surface area contributed by atoms with E-state index in [2.05, 4.69) is 26.6 Å². The molecule has 22 heavy (non-hydrogen) atoms. The van der Waals surface area contributed by atoms with Crippen molar-refractivity contribution in [3.63, 3.8) is 0 Å². The number of amides is 1. The lowest BCUT2D eigenvalue weighted by atomic mass is 10.0. The lowest BCUT2D eigenvalue weighted by Gasteiger charge is -2.16. The molecule has 1 amide bonds. The minimum absolute atomic E-state index is 0.0285. The predicted molar refractivity (Wildman–Crippen MR) is 94.1 cm³/mol. The average Bonchev–Trinajstić information content (AvgIpc) is 2.53. The third-order valence-corrected chi connectivity index (χ3v) is 4.10. The van der Waals surface area contributed by atoms with Crippen LogP contribution in [0.1, 0.15) is 34.5 Å². The number of nitrogens with one attached hydrogen (secondary N) is 2. The van der Waals surface area contributed by atoms with Crippen LogP contribution in [0, 0.1) is 0 Å². The van der Waals surface area contributed by atoms with E-state index < -0.39 is 0 Å². The Kier molecular flexibility index (Phi) is 6.16. The molecule has 2 aromatic carbocycles. The van der Waals surface area contributed by atoms with E-state index >= 15 is 0 Å². The Balaban J connectivity index is 2.12. The van der Waals surface area contributed by atoms with E-state index in [9.17, 15) is 4.79 Å². The zero-order valence-electron chi connectivity index (χ0n) is 12.9. The van der Waals surface area contributed by atoms with Gasteiger partial charge in [-0.25, -0.2) is 0 Å². The van der Waals surface area contributed by atoms with Crippen molar-refractivity contribution in [3.8, 4) is 0 Å². The van der Waals surface area contributed by atoms with E-state index in [-0.39, 0.29) is 11.9 Å². The molecule has 2 aromatic rings. The summed E-state index contributed by atoms with van der Waals surface area (Å²) in [5.41, 5.74) is 2.89. The van der Waals surface area contributed by atoms with Crippen molar-refractivity contribution < 1.29 is 4.79 Å². The van der Waals surface area contributed by atoms with Crippen LogP contribution in [0.3, 0.4) is 0 Å². The lowest BCUT2D eigenvalue weighted by molar-refractivity contribution is 0.0939. The van der Waals surface area contributed by atoms with Crippen molar-refractivity contribution in [2.75, 3.05) is 13.6 Å². The monoisotopic (exact) mass is 360 g/mol. The maximum atomic E-state index is 12.6. The molecule has 0 spiro atoms. The average molecular weight is 361 g/mol. The first-order valence-corrected chi connectivity index (χ1v) is 8.20. The fourth-order valence-corrected chi connectivity index (χ4v) is 2.77. The van der Waals surface area contributed by atoms with Crippen LogP contribution < -0.4 is 10.6 Å². The molecule has 0 aromatic heterocycles. The maximum Gasteiger partial charge on any atom is 0.252 e. The Hall–Kier alpha value is -1.65. The second-order valence-corrected chi connectivity index (χ2v) is 6.18. The van der Waals surface area contributed by atoms with Gasteiger partial charge >= 0.3 is 0 Å². The first-order chi connectivity index (χ1) is 10.6. The molecule has 116 valence electrons. The Morgan fingerprint density at radius 1 is 1.18 bits per heavy atom. The highest BCUT2D eigenvalue weighted by molar-refractivity contribution is 9.10. The summed E-state index contributed by atoms with van der Waals surface area (Å²) in [5, 5.41) is 6.19. The third-order valence-electron chi connectivity index (χ3n) is 3.60. The summed E-state index contributed by atoms with van der Waals surface area (Å²) < 4.78 is 1.01. The van der Waals surface area contributed by atoms with Crippen molar-refractivity contribution >= 4 is 21.8 Å². The molecular formula is C18H21BrN2O. The lowest BCUT2D eigenvalue weighted by Crippen LogP contribution is -2.28. The van der Waals surface area contributed by atoms with Gasteiger partial charge in [0.05, 0.1) is 6.04 Å². The van der Waals surface area contributed by atoms with Gasteiger partial charge in [0.1, 0.15) is 0 Å². The van der Waals surface area contributed by atoms with Gasteiger partial charge in [0.25, 0.3) is 5.91 Å². The summed E-state index contributed by atoms with van der Waals surface area (Å²) in [6.45, 7) is 2.85. The van der Waals surface area contributed by atoms with Gasteiger partial charge in [0, 0.05) is 10.0 Å². The van der Waals surface area contributed by atoms with Crippen molar-refractivity contribution in [3.05, 3.63) is 69.7 Å². The van der Waals surface area contributed by atoms with Crippen LogP contribution in [0.4, 0.5) is 0 Å². The zero-order chi connectivity index (χ0) is 15.9. The standard InChI is InChI=1S/C18H21BrN2O/c1-13(15-7-5-8-16(19)12-15)21-18(22)17-9-4-3-6-14(17)10-11-20-2/h3-9,12-13,20H,10-11H2,1-2H3,(H,21,22). The molecule has 0 bridgehead atoms. The van der Waals surface area contributed by atoms with Crippen LogP contribution in [0.15, 0.2) is 53.0 Å². The predicted octanol–water partition coefficient (Wildman–Crippen LogP) is 3.70. The number of hydrogen-bond donors (Lipinski definition) is 2. The summed E-state index contributed by atoms with van der Waals surface area (Å²) in [7, 11) is 1.91. The summed E-state index contributed by atoms with van der Waals surface area (Å²) in [6, 6.07) is 15.7. The normalized spacial score (nSPS) is 12.0. The first-order valence-electron chi connectivity index (χ1n) is 7.40. The van der Waals surface area contributed by atoms with Gasteiger partial charge in [0.2, 0.25) is 0 Å². The minimum Gasteiger partial charge on any atom is -0.346 e. The molecule has 3 nitrogen and oxygen atoms in total.